The molecule has 2 fully saturated rings. The predicted molar refractivity (Wildman–Crippen MR) is 71.2 cm³/mol. The third-order valence-electron chi connectivity index (χ3n) is 4.35. The zero-order valence-electron chi connectivity index (χ0n) is 11.6. The van der Waals surface area contributed by atoms with Crippen molar-refractivity contribution in [3.63, 3.8) is 0 Å². The van der Waals surface area contributed by atoms with Crippen LogP contribution in [-0.4, -0.2) is 46.9 Å². The number of carbonyl (C=O) groups is 1. The Morgan fingerprint density at radius 1 is 1.55 bits per heavy atom. The molecule has 1 aromatic rings. The molecule has 2 aliphatic heterocycles. The summed E-state index contributed by atoms with van der Waals surface area (Å²) >= 11 is 0. The normalized spacial score (nSPS) is 30.6. The number of nitrogens with one attached hydrogen (secondary N) is 1. The number of amides is 1. The average Bonchev–Trinajstić information content (AvgIpc) is 2.94. The molecular formula is C13H20N4O3. The quantitative estimate of drug-likeness (QED) is 0.798. The number of anilines is 1. The number of rotatable bonds is 2. The highest BCUT2D eigenvalue weighted by atomic mass is 16.4. The van der Waals surface area contributed by atoms with Gasteiger partial charge in [0, 0.05) is 26.1 Å². The van der Waals surface area contributed by atoms with Crippen molar-refractivity contribution in [1.82, 2.24) is 15.5 Å². The van der Waals surface area contributed by atoms with E-state index < -0.39 is 11.5 Å². The van der Waals surface area contributed by atoms with E-state index >= 15 is 0 Å². The Kier molecular flexibility index (Phi) is 3.37. The highest BCUT2D eigenvalue weighted by Gasteiger charge is 2.50. The summed E-state index contributed by atoms with van der Waals surface area (Å²) in [5.41, 5.74) is -0.739. The molecule has 0 unspecified atom stereocenters. The van der Waals surface area contributed by atoms with Gasteiger partial charge in [-0.25, -0.2) is 0 Å². The number of nitrogens with zero attached hydrogens (tertiary/aromatic N) is 3. The van der Waals surface area contributed by atoms with Crippen LogP contribution in [-0.2, 0) is 11.2 Å². The molecule has 1 amide bonds. The number of aromatic nitrogens is 2. The molecule has 0 saturated carbocycles. The lowest BCUT2D eigenvalue weighted by Gasteiger charge is -2.46. The third kappa shape index (κ3) is 2.06. The Hall–Kier alpha value is -1.63. The summed E-state index contributed by atoms with van der Waals surface area (Å²) < 4.78 is 5.57. The van der Waals surface area contributed by atoms with Crippen LogP contribution < -0.4 is 10.2 Å². The number of aryl methyl sites for hydroxylation is 1. The van der Waals surface area contributed by atoms with Gasteiger partial charge in [-0.1, -0.05) is 12.0 Å². The lowest BCUT2D eigenvalue weighted by molar-refractivity contribution is -0.142. The molecule has 1 aromatic heterocycles. The first-order valence-electron chi connectivity index (χ1n) is 7.19. The summed E-state index contributed by atoms with van der Waals surface area (Å²) in [6.07, 6.45) is 2.21. The molecule has 2 N–H and O–H groups in total. The fourth-order valence-electron chi connectivity index (χ4n) is 3.12. The van der Waals surface area contributed by atoms with Crippen LogP contribution in [0.2, 0.25) is 0 Å². The summed E-state index contributed by atoms with van der Waals surface area (Å²) in [5, 5.41) is 21.2. The first-order chi connectivity index (χ1) is 9.65. The minimum Gasteiger partial charge on any atom is -0.408 e. The maximum atomic E-state index is 12.3. The molecule has 3 rings (SSSR count). The van der Waals surface area contributed by atoms with E-state index in [1.165, 1.54) is 0 Å². The van der Waals surface area contributed by atoms with Crippen molar-refractivity contribution in [2.24, 2.45) is 5.41 Å². The molecule has 7 heteroatoms. The van der Waals surface area contributed by atoms with Crippen LogP contribution >= 0.6 is 0 Å². The van der Waals surface area contributed by atoms with E-state index in [4.69, 9.17) is 4.42 Å². The van der Waals surface area contributed by atoms with Gasteiger partial charge in [0.15, 0.2) is 0 Å². The van der Waals surface area contributed by atoms with Gasteiger partial charge < -0.3 is 19.7 Å². The lowest BCUT2D eigenvalue weighted by Crippen LogP contribution is -2.61. The van der Waals surface area contributed by atoms with Gasteiger partial charge in [0.1, 0.15) is 0 Å². The second-order valence-corrected chi connectivity index (χ2v) is 5.57. The minimum atomic E-state index is -0.739. The van der Waals surface area contributed by atoms with Gasteiger partial charge in [-0.2, -0.15) is 0 Å². The van der Waals surface area contributed by atoms with Gasteiger partial charge in [0.05, 0.1) is 11.5 Å². The Labute approximate surface area is 117 Å². The maximum Gasteiger partial charge on any atom is 0.318 e. The van der Waals surface area contributed by atoms with Crippen molar-refractivity contribution in [2.45, 2.75) is 38.7 Å². The monoisotopic (exact) mass is 280 g/mol. The highest BCUT2D eigenvalue weighted by molar-refractivity contribution is 5.85. The Bertz CT molecular complexity index is 504. The number of hydrogen-bond acceptors (Lipinski definition) is 6. The van der Waals surface area contributed by atoms with E-state index in [0.29, 0.717) is 50.8 Å². The van der Waals surface area contributed by atoms with Gasteiger partial charge in [0.25, 0.3) is 0 Å². The smallest absolute Gasteiger partial charge is 0.318 e. The van der Waals surface area contributed by atoms with E-state index in [2.05, 4.69) is 15.5 Å². The topological polar surface area (TPSA) is 91.5 Å². The third-order valence-corrected chi connectivity index (χ3v) is 4.35. The van der Waals surface area contributed by atoms with Gasteiger partial charge in [-0.05, 0) is 19.3 Å². The number of carbonyl (C=O) groups excluding carboxylic acids is 1. The Balaban J connectivity index is 1.83. The Morgan fingerprint density at radius 2 is 2.40 bits per heavy atom. The largest absolute Gasteiger partial charge is 0.408 e. The molecule has 0 radical (unpaired) electrons. The number of hydrogen-bond donors (Lipinski definition) is 2. The zero-order valence-corrected chi connectivity index (χ0v) is 11.6. The molecule has 1 spiro atoms. The number of aliphatic hydroxyl groups is 1. The van der Waals surface area contributed by atoms with E-state index in [1.807, 2.05) is 11.8 Å². The molecule has 0 bridgehead atoms. The van der Waals surface area contributed by atoms with Crippen molar-refractivity contribution >= 4 is 11.9 Å². The van der Waals surface area contributed by atoms with Gasteiger partial charge >= 0.3 is 6.01 Å². The lowest BCUT2D eigenvalue weighted by atomic mass is 9.71. The summed E-state index contributed by atoms with van der Waals surface area (Å²) in [5.74, 6) is 0.532. The second kappa shape index (κ2) is 5.05. The van der Waals surface area contributed by atoms with Crippen LogP contribution in [0.5, 0.6) is 0 Å². The van der Waals surface area contributed by atoms with E-state index in [9.17, 15) is 9.90 Å². The molecule has 2 atom stereocenters. The zero-order chi connectivity index (χ0) is 14.2. The predicted octanol–water partition coefficient (Wildman–Crippen LogP) is 0.0994. The number of aliphatic hydroxyl groups excluding tert-OH is 1. The van der Waals surface area contributed by atoms with Crippen LogP contribution in [0.25, 0.3) is 0 Å². The van der Waals surface area contributed by atoms with E-state index in [1.54, 1.807) is 0 Å². The highest BCUT2D eigenvalue weighted by Crippen LogP contribution is 2.38. The fourth-order valence-corrected chi connectivity index (χ4v) is 3.12. The summed E-state index contributed by atoms with van der Waals surface area (Å²) in [6.45, 7) is 3.70. The van der Waals surface area contributed by atoms with Gasteiger partial charge in [0.2, 0.25) is 11.8 Å². The number of piperidine rings is 2. The molecule has 20 heavy (non-hydrogen) atoms. The minimum absolute atomic E-state index is 0.0591. The van der Waals surface area contributed by atoms with Crippen LogP contribution in [0, 0.1) is 5.41 Å². The van der Waals surface area contributed by atoms with Crippen molar-refractivity contribution in [2.75, 3.05) is 24.5 Å². The molecule has 110 valence electrons. The van der Waals surface area contributed by atoms with Crippen molar-refractivity contribution in [1.29, 1.82) is 0 Å². The van der Waals surface area contributed by atoms with Crippen LogP contribution in [0.1, 0.15) is 32.1 Å². The first-order valence-corrected chi connectivity index (χ1v) is 7.19. The van der Waals surface area contributed by atoms with Gasteiger partial charge in [-0.15, -0.1) is 5.10 Å². The van der Waals surface area contributed by atoms with Gasteiger partial charge in [-0.3, -0.25) is 4.79 Å². The van der Waals surface area contributed by atoms with E-state index in [-0.39, 0.29) is 5.91 Å². The van der Waals surface area contributed by atoms with Crippen LogP contribution in [0.15, 0.2) is 4.42 Å². The first kappa shape index (κ1) is 13.4. The molecular weight excluding hydrogens is 260 g/mol. The second-order valence-electron chi connectivity index (χ2n) is 5.57. The molecule has 2 saturated heterocycles. The van der Waals surface area contributed by atoms with Crippen molar-refractivity contribution in [3.05, 3.63) is 5.89 Å². The SMILES string of the molecule is CCc1nnc(N2CC[C@@H](O)[C@@]3(CCCNC3=O)C2)o1. The summed E-state index contributed by atoms with van der Waals surface area (Å²) in [7, 11) is 0. The van der Waals surface area contributed by atoms with Crippen molar-refractivity contribution in [3.8, 4) is 0 Å². The summed E-state index contributed by atoms with van der Waals surface area (Å²) in [6, 6.07) is 0.450. The standard InChI is InChI=1S/C13H20N4O3/c1-2-10-15-16-12(20-10)17-7-4-9(18)13(8-17)5-3-6-14-11(13)19/h9,18H,2-8H2,1H3,(H,14,19)/t9-,13-/m1/s1. The van der Waals surface area contributed by atoms with Crippen LogP contribution in [0.3, 0.4) is 0 Å². The molecule has 7 nitrogen and oxygen atoms in total. The maximum absolute atomic E-state index is 12.3. The molecule has 2 aliphatic rings. The molecule has 3 heterocycles. The fraction of sp³-hybridized carbons (Fsp3) is 0.769. The average molecular weight is 280 g/mol. The Morgan fingerprint density at radius 3 is 3.10 bits per heavy atom. The summed E-state index contributed by atoms with van der Waals surface area (Å²) in [4.78, 5) is 14.2. The van der Waals surface area contributed by atoms with E-state index in [0.717, 1.165) is 6.42 Å². The molecule has 0 aliphatic carbocycles. The van der Waals surface area contributed by atoms with Crippen LogP contribution in [0.4, 0.5) is 6.01 Å². The molecule has 0 aromatic carbocycles. The van der Waals surface area contributed by atoms with Crippen molar-refractivity contribution < 1.29 is 14.3 Å².